The lowest BCUT2D eigenvalue weighted by atomic mass is 10.4. The molecule has 0 unspecified atom stereocenters. The van der Waals surface area contributed by atoms with Crippen LogP contribution in [0.3, 0.4) is 0 Å². The molecule has 0 aliphatic rings. The van der Waals surface area contributed by atoms with Gasteiger partial charge in [0.1, 0.15) is 19.3 Å². The van der Waals surface area contributed by atoms with Gasteiger partial charge in [-0.05, 0) is 6.92 Å². The second-order valence-electron chi connectivity index (χ2n) is 3.96. The zero-order chi connectivity index (χ0) is 16.8. The standard InChI is InChI=1S/C14H21NO7/c1-4-12(16)20-9-8-19-7-6-15-14(18)21-10-11(3)22-13(17)5-2/h4-5,11H,1-2,6-10H2,3H3,(H,15,18)/t11-/m1/s1. The molecule has 0 spiro atoms. The maximum atomic E-state index is 11.3. The van der Waals surface area contributed by atoms with Gasteiger partial charge in [0.05, 0.1) is 13.2 Å². The average Bonchev–Trinajstić information content (AvgIpc) is 2.51. The number of carbonyl (C=O) groups is 3. The molecule has 0 fully saturated rings. The topological polar surface area (TPSA) is 100 Å². The Balaban J connectivity index is 3.50. The third-order valence-corrected chi connectivity index (χ3v) is 2.09. The van der Waals surface area contributed by atoms with E-state index in [1.54, 1.807) is 6.92 Å². The summed E-state index contributed by atoms with van der Waals surface area (Å²) in [4.78, 5) is 32.9. The van der Waals surface area contributed by atoms with Gasteiger partial charge >= 0.3 is 18.0 Å². The van der Waals surface area contributed by atoms with Gasteiger partial charge in [-0.1, -0.05) is 13.2 Å². The Morgan fingerprint density at radius 2 is 1.73 bits per heavy atom. The Morgan fingerprint density at radius 1 is 1.05 bits per heavy atom. The molecule has 22 heavy (non-hydrogen) atoms. The van der Waals surface area contributed by atoms with Crippen LogP contribution >= 0.6 is 0 Å². The number of carbonyl (C=O) groups excluding carboxylic acids is 3. The third kappa shape index (κ3) is 11.5. The lowest BCUT2D eigenvalue weighted by Gasteiger charge is -2.12. The second-order valence-corrected chi connectivity index (χ2v) is 3.96. The molecule has 0 saturated carbocycles. The van der Waals surface area contributed by atoms with E-state index in [0.717, 1.165) is 12.2 Å². The summed E-state index contributed by atoms with van der Waals surface area (Å²) in [5, 5.41) is 2.45. The molecule has 0 heterocycles. The highest BCUT2D eigenvalue weighted by atomic mass is 16.6. The van der Waals surface area contributed by atoms with Crippen molar-refractivity contribution in [2.45, 2.75) is 13.0 Å². The van der Waals surface area contributed by atoms with Gasteiger partial charge in [-0.15, -0.1) is 0 Å². The molecular formula is C14H21NO7. The van der Waals surface area contributed by atoms with Crippen LogP contribution < -0.4 is 5.32 Å². The van der Waals surface area contributed by atoms with E-state index in [2.05, 4.69) is 23.2 Å². The Hall–Kier alpha value is -2.35. The first-order valence-electron chi connectivity index (χ1n) is 6.60. The van der Waals surface area contributed by atoms with Crippen molar-refractivity contribution in [3.8, 4) is 0 Å². The van der Waals surface area contributed by atoms with Gasteiger partial charge in [-0.2, -0.15) is 0 Å². The van der Waals surface area contributed by atoms with Crippen LogP contribution in [-0.4, -0.2) is 57.1 Å². The summed E-state index contributed by atoms with van der Waals surface area (Å²) in [7, 11) is 0. The highest BCUT2D eigenvalue weighted by Crippen LogP contribution is 1.94. The summed E-state index contributed by atoms with van der Waals surface area (Å²) in [5.41, 5.74) is 0. The minimum Gasteiger partial charge on any atom is -0.460 e. The number of nitrogens with one attached hydrogen (secondary N) is 1. The summed E-state index contributed by atoms with van der Waals surface area (Å²) in [6, 6.07) is 0. The van der Waals surface area contributed by atoms with Crippen LogP contribution in [0.25, 0.3) is 0 Å². The lowest BCUT2D eigenvalue weighted by molar-refractivity contribution is -0.144. The Bertz CT molecular complexity index is 395. The van der Waals surface area contributed by atoms with E-state index in [-0.39, 0.29) is 33.0 Å². The first kappa shape index (κ1) is 19.7. The van der Waals surface area contributed by atoms with E-state index in [1.165, 1.54) is 0 Å². The van der Waals surface area contributed by atoms with Crippen molar-refractivity contribution < 1.29 is 33.3 Å². The first-order valence-corrected chi connectivity index (χ1v) is 6.60. The van der Waals surface area contributed by atoms with Crippen LogP contribution in [0.2, 0.25) is 0 Å². The molecule has 0 rings (SSSR count). The summed E-state index contributed by atoms with van der Waals surface area (Å²) < 4.78 is 19.4. The maximum absolute atomic E-state index is 11.3. The fourth-order valence-corrected chi connectivity index (χ4v) is 1.11. The van der Waals surface area contributed by atoms with Crippen molar-refractivity contribution in [2.75, 3.05) is 33.0 Å². The van der Waals surface area contributed by atoms with E-state index in [0.29, 0.717) is 0 Å². The average molecular weight is 315 g/mol. The van der Waals surface area contributed by atoms with Crippen molar-refractivity contribution >= 4 is 18.0 Å². The molecule has 0 aliphatic heterocycles. The number of esters is 2. The zero-order valence-corrected chi connectivity index (χ0v) is 12.5. The Kier molecular flexibility index (Phi) is 11.1. The number of ether oxygens (including phenoxy) is 4. The largest absolute Gasteiger partial charge is 0.460 e. The van der Waals surface area contributed by atoms with Crippen molar-refractivity contribution in [2.24, 2.45) is 0 Å². The molecule has 0 aromatic carbocycles. The normalized spacial score (nSPS) is 11.0. The van der Waals surface area contributed by atoms with Crippen LogP contribution in [0.1, 0.15) is 6.92 Å². The van der Waals surface area contributed by atoms with Gasteiger partial charge in [0.25, 0.3) is 0 Å². The quantitative estimate of drug-likeness (QED) is 0.257. The van der Waals surface area contributed by atoms with Gasteiger partial charge in [-0.3, -0.25) is 0 Å². The van der Waals surface area contributed by atoms with Crippen molar-refractivity contribution in [1.29, 1.82) is 0 Å². The molecule has 8 nitrogen and oxygen atoms in total. The number of alkyl carbamates (subject to hydrolysis) is 1. The van der Waals surface area contributed by atoms with E-state index in [9.17, 15) is 14.4 Å². The predicted octanol–water partition coefficient (Wildman–Crippen LogP) is 0.576. The molecule has 0 saturated heterocycles. The summed E-state index contributed by atoms with van der Waals surface area (Å²) >= 11 is 0. The summed E-state index contributed by atoms with van der Waals surface area (Å²) in [6.07, 6.45) is 0.876. The van der Waals surface area contributed by atoms with Gasteiger partial charge in [-0.25, -0.2) is 14.4 Å². The van der Waals surface area contributed by atoms with Gasteiger partial charge in [0, 0.05) is 18.7 Å². The SMILES string of the molecule is C=CC(=O)OCCOCCNC(=O)OC[C@@H](C)OC(=O)C=C. The molecular weight excluding hydrogens is 294 g/mol. The van der Waals surface area contributed by atoms with Crippen LogP contribution in [0, 0.1) is 0 Å². The first-order chi connectivity index (χ1) is 10.5. The van der Waals surface area contributed by atoms with Gasteiger partial charge < -0.3 is 24.3 Å². The number of hydrogen-bond donors (Lipinski definition) is 1. The van der Waals surface area contributed by atoms with Gasteiger partial charge in [0.2, 0.25) is 0 Å². The molecule has 1 amide bonds. The fourth-order valence-electron chi connectivity index (χ4n) is 1.11. The highest BCUT2D eigenvalue weighted by molar-refractivity contribution is 5.81. The van der Waals surface area contributed by atoms with E-state index in [4.69, 9.17) is 14.2 Å². The minimum atomic E-state index is -0.650. The molecule has 0 aliphatic carbocycles. The second kappa shape index (κ2) is 12.4. The number of rotatable bonds is 11. The van der Waals surface area contributed by atoms with Crippen LogP contribution in [0.4, 0.5) is 4.79 Å². The number of amides is 1. The predicted molar refractivity (Wildman–Crippen MR) is 77.1 cm³/mol. The van der Waals surface area contributed by atoms with Gasteiger partial charge in [0.15, 0.2) is 0 Å². The third-order valence-electron chi connectivity index (χ3n) is 2.09. The number of hydrogen-bond acceptors (Lipinski definition) is 7. The van der Waals surface area contributed by atoms with Crippen molar-refractivity contribution in [3.63, 3.8) is 0 Å². The smallest absolute Gasteiger partial charge is 0.407 e. The highest BCUT2D eigenvalue weighted by Gasteiger charge is 2.09. The fraction of sp³-hybridized carbons (Fsp3) is 0.500. The van der Waals surface area contributed by atoms with Crippen molar-refractivity contribution in [3.05, 3.63) is 25.3 Å². The monoisotopic (exact) mass is 315 g/mol. The minimum absolute atomic E-state index is 0.0657. The Morgan fingerprint density at radius 3 is 2.36 bits per heavy atom. The molecule has 0 radical (unpaired) electrons. The molecule has 1 N–H and O–H groups in total. The molecule has 0 aromatic heterocycles. The summed E-state index contributed by atoms with van der Waals surface area (Å²) in [5.74, 6) is -1.10. The van der Waals surface area contributed by atoms with Crippen LogP contribution in [0.5, 0.6) is 0 Å². The molecule has 1 atom stereocenters. The molecule has 0 aromatic rings. The molecule has 8 heteroatoms. The van der Waals surface area contributed by atoms with E-state index in [1.807, 2.05) is 0 Å². The maximum Gasteiger partial charge on any atom is 0.407 e. The molecule has 0 bridgehead atoms. The van der Waals surface area contributed by atoms with Crippen LogP contribution in [-0.2, 0) is 28.5 Å². The van der Waals surface area contributed by atoms with Crippen LogP contribution in [0.15, 0.2) is 25.3 Å². The van der Waals surface area contributed by atoms with E-state index >= 15 is 0 Å². The lowest BCUT2D eigenvalue weighted by Crippen LogP contribution is -2.31. The van der Waals surface area contributed by atoms with E-state index < -0.39 is 24.1 Å². The Labute approximate surface area is 129 Å². The molecule has 124 valence electrons. The summed E-state index contributed by atoms with van der Waals surface area (Å²) in [6.45, 7) is 8.82. The zero-order valence-electron chi connectivity index (χ0n) is 12.5. The van der Waals surface area contributed by atoms with Crippen molar-refractivity contribution in [1.82, 2.24) is 5.32 Å².